The lowest BCUT2D eigenvalue weighted by molar-refractivity contribution is -0.184. The number of rotatable bonds is 10. The molecule has 1 atom stereocenters. The third kappa shape index (κ3) is 7.26. The average molecular weight is 598 g/mol. The Morgan fingerprint density at radius 1 is 0.977 bits per heavy atom. The first kappa shape index (κ1) is 31.8. The molecule has 9 nitrogen and oxygen atoms in total. The number of carbonyl (C=O) groups is 5. The van der Waals surface area contributed by atoms with E-state index < -0.39 is 53.6 Å². The molecule has 2 aromatic carbocycles. The van der Waals surface area contributed by atoms with Crippen molar-refractivity contribution in [2.75, 3.05) is 11.4 Å². The van der Waals surface area contributed by atoms with Gasteiger partial charge in [-0.1, -0.05) is 18.2 Å². The minimum atomic E-state index is -3.62. The van der Waals surface area contributed by atoms with Gasteiger partial charge in [0.15, 0.2) is 0 Å². The fraction of sp³-hybridized carbons (Fsp3) is 0.469. The molecule has 1 N–H and O–H groups in total. The summed E-state index contributed by atoms with van der Waals surface area (Å²) in [4.78, 5) is 65.3. The van der Waals surface area contributed by atoms with Crippen molar-refractivity contribution in [1.29, 1.82) is 0 Å². The van der Waals surface area contributed by atoms with Crippen LogP contribution in [0.4, 0.5) is 14.5 Å². The molecule has 1 fully saturated rings. The number of carbonyl (C=O) groups excluding carboxylic acids is 5. The Hall–Kier alpha value is -4.15. The van der Waals surface area contributed by atoms with Gasteiger partial charge in [-0.15, -0.1) is 0 Å². The van der Waals surface area contributed by atoms with E-state index in [4.69, 9.17) is 4.74 Å². The van der Waals surface area contributed by atoms with Gasteiger partial charge in [-0.05, 0) is 88.8 Å². The normalized spacial score (nSPS) is 17.2. The Morgan fingerprint density at radius 3 is 2.33 bits per heavy atom. The largest absolute Gasteiger partial charge is 0.456 e. The Labute approximate surface area is 249 Å². The van der Waals surface area contributed by atoms with Crippen molar-refractivity contribution in [3.63, 3.8) is 0 Å². The second kappa shape index (κ2) is 12.2. The van der Waals surface area contributed by atoms with E-state index in [0.717, 1.165) is 21.6 Å². The van der Waals surface area contributed by atoms with E-state index in [1.807, 2.05) is 36.9 Å². The van der Waals surface area contributed by atoms with Crippen LogP contribution in [0.3, 0.4) is 0 Å². The Kier molecular flexibility index (Phi) is 9.03. The summed E-state index contributed by atoms with van der Waals surface area (Å²) in [7, 11) is 0. The van der Waals surface area contributed by atoms with Crippen LogP contribution in [0.1, 0.15) is 90.3 Å². The van der Waals surface area contributed by atoms with E-state index in [1.165, 1.54) is 26.8 Å². The van der Waals surface area contributed by atoms with E-state index >= 15 is 0 Å². The number of halogens is 2. The van der Waals surface area contributed by atoms with E-state index in [-0.39, 0.29) is 30.4 Å². The number of benzene rings is 2. The molecule has 2 aliphatic heterocycles. The van der Waals surface area contributed by atoms with Crippen LogP contribution in [0.2, 0.25) is 0 Å². The Morgan fingerprint density at radius 2 is 1.67 bits per heavy atom. The summed E-state index contributed by atoms with van der Waals surface area (Å²) in [5.74, 6) is -7.54. The van der Waals surface area contributed by atoms with Crippen LogP contribution >= 0.6 is 0 Å². The van der Waals surface area contributed by atoms with Gasteiger partial charge >= 0.3 is 11.9 Å². The molecule has 4 rings (SSSR count). The van der Waals surface area contributed by atoms with Crippen molar-refractivity contribution in [3.8, 4) is 0 Å². The number of ether oxygens (including phenoxy) is 1. The highest BCUT2D eigenvalue weighted by Gasteiger charge is 2.45. The summed E-state index contributed by atoms with van der Waals surface area (Å²) in [5, 5.41) is 2.18. The predicted octanol–water partition coefficient (Wildman–Crippen LogP) is 4.86. The van der Waals surface area contributed by atoms with Crippen molar-refractivity contribution in [1.82, 2.24) is 10.2 Å². The molecule has 0 aliphatic carbocycles. The van der Waals surface area contributed by atoms with Gasteiger partial charge in [-0.3, -0.25) is 29.4 Å². The number of nitrogens with zero attached hydrogens (tertiary/aromatic N) is 2. The van der Waals surface area contributed by atoms with Crippen LogP contribution in [0.5, 0.6) is 0 Å². The molecule has 1 saturated heterocycles. The maximum Gasteiger partial charge on any atom is 0.377 e. The number of nitrogens with one attached hydrogen (secondary N) is 1. The number of esters is 1. The van der Waals surface area contributed by atoms with E-state index in [9.17, 15) is 32.8 Å². The maximum atomic E-state index is 14.5. The first-order valence-corrected chi connectivity index (χ1v) is 14.4. The number of piperidine rings is 1. The topological polar surface area (TPSA) is 113 Å². The molecule has 0 aromatic heterocycles. The summed E-state index contributed by atoms with van der Waals surface area (Å²) < 4.78 is 33.8. The van der Waals surface area contributed by atoms with Crippen LogP contribution in [-0.4, -0.2) is 58.6 Å². The lowest BCUT2D eigenvalue weighted by Gasteiger charge is -2.27. The van der Waals surface area contributed by atoms with Gasteiger partial charge in [-0.2, -0.15) is 8.78 Å². The molecule has 11 heteroatoms. The van der Waals surface area contributed by atoms with Crippen molar-refractivity contribution >= 4 is 35.3 Å². The van der Waals surface area contributed by atoms with Crippen LogP contribution in [-0.2, 0) is 25.7 Å². The number of unbranched alkanes of at least 4 members (excludes halogenated alkanes) is 1. The number of amides is 4. The molecular weight excluding hydrogens is 560 g/mol. The highest BCUT2D eigenvalue weighted by Crippen LogP contribution is 2.32. The molecule has 0 radical (unpaired) electrons. The predicted molar refractivity (Wildman–Crippen MR) is 155 cm³/mol. The minimum Gasteiger partial charge on any atom is -0.456 e. The van der Waals surface area contributed by atoms with Gasteiger partial charge in [0.25, 0.3) is 11.8 Å². The third-order valence-electron chi connectivity index (χ3n) is 7.60. The minimum absolute atomic E-state index is 0.0196. The summed E-state index contributed by atoms with van der Waals surface area (Å²) in [6.45, 7) is 9.32. The third-order valence-corrected chi connectivity index (χ3v) is 7.60. The number of hydrogen-bond donors (Lipinski definition) is 1. The number of hydrogen-bond acceptors (Lipinski definition) is 7. The first-order valence-electron chi connectivity index (χ1n) is 14.4. The van der Waals surface area contributed by atoms with E-state index in [0.29, 0.717) is 25.2 Å². The molecular formula is C32H37F2N3O6. The van der Waals surface area contributed by atoms with Crippen molar-refractivity contribution in [2.24, 2.45) is 0 Å². The fourth-order valence-corrected chi connectivity index (χ4v) is 5.18. The molecule has 1 unspecified atom stereocenters. The van der Waals surface area contributed by atoms with E-state index in [2.05, 4.69) is 5.32 Å². The fourth-order valence-electron chi connectivity index (χ4n) is 5.18. The second-order valence-corrected chi connectivity index (χ2v) is 12.2. The molecule has 0 saturated carbocycles. The van der Waals surface area contributed by atoms with Crippen molar-refractivity contribution in [3.05, 3.63) is 64.2 Å². The summed E-state index contributed by atoms with van der Waals surface area (Å²) in [5.41, 5.74) is 3.04. The molecule has 0 bridgehead atoms. The van der Waals surface area contributed by atoms with Crippen molar-refractivity contribution in [2.45, 2.75) is 90.8 Å². The highest BCUT2D eigenvalue weighted by molar-refractivity contribution is 6.23. The van der Waals surface area contributed by atoms with Crippen molar-refractivity contribution < 1.29 is 37.5 Å². The number of fused-ring (bicyclic) bond motifs is 1. The zero-order valence-electron chi connectivity index (χ0n) is 25.1. The first-order chi connectivity index (χ1) is 20.1. The lowest BCUT2D eigenvalue weighted by Crippen LogP contribution is -2.54. The Balaban J connectivity index is 1.54. The summed E-state index contributed by atoms with van der Waals surface area (Å²) in [6.07, 6.45) is -0.240. The number of aryl methyl sites for hydroxylation is 2. The molecule has 43 heavy (non-hydrogen) atoms. The standard InChI is InChI=1S/C32H37F2N3O6/c1-19-8-9-21(16-20(19)2)18-36(15-7-6-14-32(33,34)30(42)43-31(3,4)5)22-10-11-23-24(17-22)29(41)37(28(23)40)25-12-13-26(38)35-27(25)39/h8-11,16-17,25H,6-7,12-15,18H2,1-5H3,(H,35,38,39). The highest BCUT2D eigenvalue weighted by atomic mass is 19.3. The van der Waals surface area contributed by atoms with Crippen LogP contribution < -0.4 is 10.2 Å². The van der Waals surface area contributed by atoms with Crippen LogP contribution in [0.15, 0.2) is 36.4 Å². The molecule has 230 valence electrons. The van der Waals surface area contributed by atoms with Crippen LogP contribution in [0, 0.1) is 13.8 Å². The summed E-state index contributed by atoms with van der Waals surface area (Å²) >= 11 is 0. The number of alkyl halides is 2. The van der Waals surface area contributed by atoms with Crippen LogP contribution in [0.25, 0.3) is 0 Å². The van der Waals surface area contributed by atoms with Gasteiger partial charge in [0.2, 0.25) is 11.8 Å². The van der Waals surface area contributed by atoms with Gasteiger partial charge in [0.05, 0.1) is 11.1 Å². The van der Waals surface area contributed by atoms with Gasteiger partial charge < -0.3 is 9.64 Å². The maximum absolute atomic E-state index is 14.5. The SMILES string of the molecule is Cc1ccc(CN(CCCCC(F)(F)C(=O)OC(C)(C)C)c2ccc3c(c2)C(=O)N(C2CCC(=O)NC2=O)C3=O)cc1C. The van der Waals surface area contributed by atoms with Gasteiger partial charge in [0, 0.05) is 31.6 Å². The zero-order chi connectivity index (χ0) is 31.7. The Bertz CT molecular complexity index is 1470. The number of imide groups is 2. The quantitative estimate of drug-likeness (QED) is 0.237. The molecule has 4 amide bonds. The second-order valence-electron chi connectivity index (χ2n) is 12.2. The van der Waals surface area contributed by atoms with Gasteiger partial charge in [-0.25, -0.2) is 4.79 Å². The molecule has 2 heterocycles. The van der Waals surface area contributed by atoms with Gasteiger partial charge in [0.1, 0.15) is 11.6 Å². The number of anilines is 1. The molecule has 0 spiro atoms. The molecule has 2 aliphatic rings. The molecule has 2 aromatic rings. The summed E-state index contributed by atoms with van der Waals surface area (Å²) in [6, 6.07) is 9.72. The average Bonchev–Trinajstić information content (AvgIpc) is 3.16. The monoisotopic (exact) mass is 597 g/mol. The smallest absolute Gasteiger partial charge is 0.377 e. The lowest BCUT2D eigenvalue weighted by atomic mass is 10.0. The zero-order valence-corrected chi connectivity index (χ0v) is 25.1. The van der Waals surface area contributed by atoms with E-state index in [1.54, 1.807) is 12.1 Å².